The zero-order valence-electron chi connectivity index (χ0n) is 11.6. The number of carboxylic acids is 1. The Morgan fingerprint density at radius 1 is 1.14 bits per heavy atom. The molecule has 0 bridgehead atoms. The minimum absolute atomic E-state index is 0.536. The van der Waals surface area contributed by atoms with Crippen LogP contribution in [0.5, 0.6) is 0 Å². The Labute approximate surface area is 128 Å². The fourth-order valence-corrected chi connectivity index (χ4v) is 3.38. The summed E-state index contributed by atoms with van der Waals surface area (Å²) in [5.41, 5.74) is 0.983. The lowest BCUT2D eigenvalue weighted by molar-refractivity contribution is -0.145. The first-order valence-corrected chi connectivity index (χ1v) is 7.55. The third kappa shape index (κ3) is 2.44. The molecule has 3 rings (SSSR count). The van der Waals surface area contributed by atoms with Crippen LogP contribution < -0.4 is 0 Å². The third-order valence-electron chi connectivity index (χ3n) is 4.38. The van der Waals surface area contributed by atoms with E-state index in [9.17, 15) is 9.90 Å². The maximum atomic E-state index is 11.8. The Balaban J connectivity index is 1.96. The number of rotatable bonds is 3. The molecule has 1 N–H and O–H groups in total. The zero-order valence-corrected chi connectivity index (χ0v) is 12.4. The predicted molar refractivity (Wildman–Crippen MR) is 81.0 cm³/mol. The van der Waals surface area contributed by atoms with Crippen molar-refractivity contribution >= 4 is 17.6 Å². The highest BCUT2D eigenvalue weighted by Gasteiger charge is 2.41. The third-order valence-corrected chi connectivity index (χ3v) is 4.66. The van der Waals surface area contributed by atoms with Gasteiger partial charge in [0.1, 0.15) is 5.15 Å². The van der Waals surface area contributed by atoms with Crippen molar-refractivity contribution in [2.75, 3.05) is 0 Å². The standard InChI is InChI=1S/C16H17ClN2O2/c17-14-8-11-18-19(14)13-6-4-12(5-7-13)16(15(20)21)9-2-1-3-10-16/h4-8,11H,1-3,9-10H2,(H,20,21). The molecule has 4 nitrogen and oxygen atoms in total. The fraction of sp³-hybridized carbons (Fsp3) is 0.375. The largest absolute Gasteiger partial charge is 0.481 e. The summed E-state index contributed by atoms with van der Waals surface area (Å²) >= 11 is 6.05. The second-order valence-electron chi connectivity index (χ2n) is 5.56. The summed E-state index contributed by atoms with van der Waals surface area (Å²) < 4.78 is 1.62. The van der Waals surface area contributed by atoms with Crippen LogP contribution in [0.15, 0.2) is 36.5 Å². The Bertz CT molecular complexity index is 643. The summed E-state index contributed by atoms with van der Waals surface area (Å²) in [6.07, 6.45) is 6.12. The second kappa shape index (κ2) is 5.53. The van der Waals surface area contributed by atoms with E-state index in [2.05, 4.69) is 5.10 Å². The smallest absolute Gasteiger partial charge is 0.314 e. The number of aliphatic carboxylic acids is 1. The number of halogens is 1. The summed E-state index contributed by atoms with van der Waals surface area (Å²) in [5.74, 6) is -0.716. The molecule has 1 aliphatic rings. The Hall–Kier alpha value is -1.81. The van der Waals surface area contributed by atoms with E-state index in [1.54, 1.807) is 16.9 Å². The van der Waals surface area contributed by atoms with Crippen LogP contribution in [0.1, 0.15) is 37.7 Å². The second-order valence-corrected chi connectivity index (χ2v) is 5.95. The van der Waals surface area contributed by atoms with Gasteiger partial charge in [0.25, 0.3) is 0 Å². The summed E-state index contributed by atoms with van der Waals surface area (Å²) in [7, 11) is 0. The molecule has 0 unspecified atom stereocenters. The van der Waals surface area contributed by atoms with Gasteiger partial charge in [-0.3, -0.25) is 4.79 Å². The molecule has 110 valence electrons. The van der Waals surface area contributed by atoms with E-state index in [0.29, 0.717) is 18.0 Å². The van der Waals surface area contributed by atoms with Crippen LogP contribution in [-0.2, 0) is 10.2 Å². The number of carbonyl (C=O) groups is 1. The van der Waals surface area contributed by atoms with Gasteiger partial charge in [-0.05, 0) is 36.6 Å². The Kier molecular flexibility index (Phi) is 3.72. The molecule has 1 aromatic heterocycles. The molecular weight excluding hydrogens is 288 g/mol. The predicted octanol–water partition coefficient (Wildman–Crippen LogP) is 3.81. The highest BCUT2D eigenvalue weighted by molar-refractivity contribution is 6.29. The van der Waals surface area contributed by atoms with Crippen molar-refractivity contribution in [1.82, 2.24) is 9.78 Å². The first-order valence-electron chi connectivity index (χ1n) is 7.17. The van der Waals surface area contributed by atoms with Crippen LogP contribution in [0.3, 0.4) is 0 Å². The SMILES string of the molecule is O=C(O)C1(c2ccc(-n3nccc3Cl)cc2)CCCCC1. The molecular formula is C16H17ClN2O2. The van der Waals surface area contributed by atoms with Gasteiger partial charge >= 0.3 is 5.97 Å². The molecule has 1 aromatic carbocycles. The van der Waals surface area contributed by atoms with Crippen LogP contribution in [0, 0.1) is 0 Å². The monoisotopic (exact) mass is 304 g/mol. The number of aromatic nitrogens is 2. The quantitative estimate of drug-likeness (QED) is 0.938. The van der Waals surface area contributed by atoms with Crippen molar-refractivity contribution in [1.29, 1.82) is 0 Å². The molecule has 1 aliphatic carbocycles. The molecule has 1 fully saturated rings. The van der Waals surface area contributed by atoms with Gasteiger partial charge in [-0.25, -0.2) is 4.68 Å². The van der Waals surface area contributed by atoms with Gasteiger partial charge in [0, 0.05) is 0 Å². The molecule has 21 heavy (non-hydrogen) atoms. The highest BCUT2D eigenvalue weighted by Crippen LogP contribution is 2.40. The van der Waals surface area contributed by atoms with Gasteiger partial charge in [-0.1, -0.05) is 43.0 Å². The van der Waals surface area contributed by atoms with E-state index in [0.717, 1.165) is 30.5 Å². The van der Waals surface area contributed by atoms with Crippen LogP contribution in [-0.4, -0.2) is 20.9 Å². The van der Waals surface area contributed by atoms with E-state index >= 15 is 0 Å². The number of hydrogen-bond donors (Lipinski definition) is 1. The van der Waals surface area contributed by atoms with Crippen molar-refractivity contribution in [2.45, 2.75) is 37.5 Å². The summed E-state index contributed by atoms with van der Waals surface area (Å²) in [6.45, 7) is 0. The van der Waals surface area contributed by atoms with E-state index in [1.165, 1.54) is 0 Å². The summed E-state index contributed by atoms with van der Waals surface area (Å²) in [6, 6.07) is 9.27. The fourth-order valence-electron chi connectivity index (χ4n) is 3.18. The minimum atomic E-state index is -0.731. The molecule has 0 spiro atoms. The van der Waals surface area contributed by atoms with E-state index in [4.69, 9.17) is 11.6 Å². The lowest BCUT2D eigenvalue weighted by atomic mass is 9.69. The van der Waals surface area contributed by atoms with Gasteiger partial charge in [0.15, 0.2) is 0 Å². The normalized spacial score (nSPS) is 17.6. The molecule has 5 heteroatoms. The van der Waals surface area contributed by atoms with Crippen molar-refractivity contribution in [3.63, 3.8) is 0 Å². The topological polar surface area (TPSA) is 55.1 Å². The Morgan fingerprint density at radius 2 is 1.81 bits per heavy atom. The first kappa shape index (κ1) is 14.1. The lowest BCUT2D eigenvalue weighted by Gasteiger charge is -2.33. The van der Waals surface area contributed by atoms with Gasteiger partial charge in [0.2, 0.25) is 0 Å². The molecule has 0 aliphatic heterocycles. The van der Waals surface area contributed by atoms with Crippen LogP contribution >= 0.6 is 11.6 Å². The number of benzene rings is 1. The van der Waals surface area contributed by atoms with Gasteiger partial charge in [0.05, 0.1) is 17.3 Å². The lowest BCUT2D eigenvalue weighted by Crippen LogP contribution is -2.37. The average molecular weight is 305 g/mol. The van der Waals surface area contributed by atoms with Crippen molar-refractivity contribution in [3.05, 3.63) is 47.2 Å². The molecule has 0 radical (unpaired) electrons. The first-order chi connectivity index (χ1) is 10.1. The van der Waals surface area contributed by atoms with E-state index < -0.39 is 11.4 Å². The molecule has 2 aromatic rings. The molecule has 1 heterocycles. The van der Waals surface area contributed by atoms with Gasteiger partial charge in [-0.15, -0.1) is 0 Å². The maximum Gasteiger partial charge on any atom is 0.314 e. The maximum absolute atomic E-state index is 11.8. The van der Waals surface area contributed by atoms with Crippen molar-refractivity contribution < 1.29 is 9.90 Å². The van der Waals surface area contributed by atoms with Crippen LogP contribution in [0.4, 0.5) is 0 Å². The number of carboxylic acid groups (broad SMARTS) is 1. The summed E-state index contributed by atoms with van der Waals surface area (Å²) in [4.78, 5) is 11.8. The molecule has 0 saturated heterocycles. The number of hydrogen-bond acceptors (Lipinski definition) is 2. The number of nitrogens with zero attached hydrogens (tertiary/aromatic N) is 2. The van der Waals surface area contributed by atoms with Gasteiger partial charge < -0.3 is 5.11 Å². The average Bonchev–Trinajstić information content (AvgIpc) is 2.94. The van der Waals surface area contributed by atoms with Crippen molar-refractivity contribution in [3.8, 4) is 5.69 Å². The van der Waals surface area contributed by atoms with Crippen molar-refractivity contribution in [2.24, 2.45) is 0 Å². The summed E-state index contributed by atoms with van der Waals surface area (Å²) in [5, 5.41) is 14.4. The minimum Gasteiger partial charge on any atom is -0.481 e. The molecule has 0 amide bonds. The molecule has 0 atom stereocenters. The Morgan fingerprint density at radius 3 is 2.33 bits per heavy atom. The van der Waals surface area contributed by atoms with Crippen LogP contribution in [0.25, 0.3) is 5.69 Å². The van der Waals surface area contributed by atoms with E-state index in [1.807, 2.05) is 24.3 Å². The van der Waals surface area contributed by atoms with E-state index in [-0.39, 0.29) is 0 Å². The highest BCUT2D eigenvalue weighted by atomic mass is 35.5. The van der Waals surface area contributed by atoms with Gasteiger partial charge in [-0.2, -0.15) is 5.10 Å². The molecule has 1 saturated carbocycles. The zero-order chi connectivity index (χ0) is 14.9. The van der Waals surface area contributed by atoms with Crippen LogP contribution in [0.2, 0.25) is 5.15 Å².